The Morgan fingerprint density at radius 2 is 1.79 bits per heavy atom. The van der Waals surface area contributed by atoms with E-state index in [1.807, 2.05) is 38.1 Å². The number of aldehydes is 1. The Bertz CT molecular complexity index is 1010. The summed E-state index contributed by atoms with van der Waals surface area (Å²) in [4.78, 5) is 23.8. The van der Waals surface area contributed by atoms with Crippen LogP contribution in [0.25, 0.3) is 0 Å². The Hall–Kier alpha value is -3.34. The highest BCUT2D eigenvalue weighted by Gasteiger charge is 2.17. The lowest BCUT2D eigenvalue weighted by atomic mass is 10.1. The van der Waals surface area contributed by atoms with Gasteiger partial charge in [0.05, 0.1) is 7.11 Å². The third-order valence-electron chi connectivity index (χ3n) is 5.02. The van der Waals surface area contributed by atoms with Gasteiger partial charge >= 0.3 is 0 Å². The number of ether oxygens (including phenoxy) is 2. The summed E-state index contributed by atoms with van der Waals surface area (Å²) in [7, 11) is 1.52. The Morgan fingerprint density at radius 3 is 2.48 bits per heavy atom. The van der Waals surface area contributed by atoms with Crippen LogP contribution < -0.4 is 9.47 Å². The molecule has 5 heteroatoms. The monoisotopic (exact) mass is 391 g/mol. The van der Waals surface area contributed by atoms with Crippen molar-refractivity contribution in [1.82, 2.24) is 4.57 Å². The van der Waals surface area contributed by atoms with E-state index in [0.717, 1.165) is 30.6 Å². The predicted molar refractivity (Wildman–Crippen MR) is 112 cm³/mol. The maximum absolute atomic E-state index is 12.8. The summed E-state index contributed by atoms with van der Waals surface area (Å²) < 4.78 is 13.1. The second-order valence-electron chi connectivity index (χ2n) is 6.91. The summed E-state index contributed by atoms with van der Waals surface area (Å²) in [5.41, 5.74) is 4.36. The van der Waals surface area contributed by atoms with Crippen molar-refractivity contribution >= 4 is 12.1 Å². The van der Waals surface area contributed by atoms with Crippen molar-refractivity contribution in [2.45, 2.75) is 26.8 Å². The van der Waals surface area contributed by atoms with Gasteiger partial charge < -0.3 is 14.0 Å². The largest absolute Gasteiger partial charge is 0.493 e. The van der Waals surface area contributed by atoms with E-state index in [2.05, 4.69) is 16.7 Å². The molecule has 3 aromatic rings. The summed E-state index contributed by atoms with van der Waals surface area (Å²) in [6.07, 6.45) is 1.63. The summed E-state index contributed by atoms with van der Waals surface area (Å²) in [5.74, 6) is 0.752. The average molecular weight is 391 g/mol. The van der Waals surface area contributed by atoms with Crippen molar-refractivity contribution < 1.29 is 19.1 Å². The molecule has 0 saturated carbocycles. The molecule has 0 fully saturated rings. The molecule has 29 heavy (non-hydrogen) atoms. The molecule has 2 aromatic carbocycles. The third-order valence-corrected chi connectivity index (χ3v) is 5.02. The molecule has 0 radical (unpaired) electrons. The van der Waals surface area contributed by atoms with Crippen LogP contribution >= 0.6 is 0 Å². The van der Waals surface area contributed by atoms with Crippen LogP contribution in [0, 0.1) is 13.8 Å². The van der Waals surface area contributed by atoms with E-state index in [-0.39, 0.29) is 12.4 Å². The normalized spacial score (nSPS) is 10.6. The van der Waals surface area contributed by atoms with Gasteiger partial charge in [-0.2, -0.15) is 0 Å². The fraction of sp³-hybridized carbons (Fsp3) is 0.250. The Labute approximate surface area is 170 Å². The van der Waals surface area contributed by atoms with E-state index < -0.39 is 0 Å². The van der Waals surface area contributed by atoms with E-state index in [9.17, 15) is 9.59 Å². The number of nitrogens with zero attached hydrogens (tertiary/aromatic N) is 1. The third kappa shape index (κ3) is 4.74. The van der Waals surface area contributed by atoms with Crippen LogP contribution in [-0.4, -0.2) is 30.4 Å². The van der Waals surface area contributed by atoms with Crippen LogP contribution in [0.5, 0.6) is 11.5 Å². The molecule has 0 aliphatic carbocycles. The van der Waals surface area contributed by atoms with E-state index >= 15 is 0 Å². The fourth-order valence-corrected chi connectivity index (χ4v) is 3.41. The number of benzene rings is 2. The van der Waals surface area contributed by atoms with E-state index in [4.69, 9.17) is 9.47 Å². The number of carbonyl (C=O) groups excluding carboxylic acids is 2. The molecule has 0 amide bonds. The maximum atomic E-state index is 12.8. The molecule has 1 heterocycles. The quantitative estimate of drug-likeness (QED) is 0.400. The highest BCUT2D eigenvalue weighted by atomic mass is 16.5. The van der Waals surface area contributed by atoms with Crippen molar-refractivity contribution in [3.8, 4) is 11.5 Å². The van der Waals surface area contributed by atoms with Crippen molar-refractivity contribution in [2.75, 3.05) is 13.7 Å². The van der Waals surface area contributed by atoms with Gasteiger partial charge in [-0.1, -0.05) is 30.3 Å². The van der Waals surface area contributed by atoms with Crippen molar-refractivity contribution in [2.24, 2.45) is 0 Å². The first-order valence-corrected chi connectivity index (χ1v) is 9.53. The summed E-state index contributed by atoms with van der Waals surface area (Å²) in [5, 5.41) is 0. The number of carbonyl (C=O) groups is 2. The van der Waals surface area contributed by atoms with Crippen LogP contribution in [-0.2, 0) is 13.0 Å². The number of methoxy groups -OCH3 is 1. The standard InChI is InChI=1S/C24H25NO4/c1-17-13-21(18(2)25(17)12-11-19-7-5-4-6-8-19)22(27)16-29-24-14-20(15-26)9-10-23(24)28-3/h4-10,13-15H,11-12,16H2,1-3H3. The molecule has 0 aliphatic rings. The zero-order valence-electron chi connectivity index (χ0n) is 17.0. The van der Waals surface area contributed by atoms with Crippen LogP contribution in [0.1, 0.15) is 37.7 Å². The second kappa shape index (κ2) is 9.24. The van der Waals surface area contributed by atoms with E-state index in [1.54, 1.807) is 18.2 Å². The number of Topliss-reactive ketones (excluding diaryl/α,β-unsaturated/α-hetero) is 1. The molecular formula is C24H25NO4. The minimum Gasteiger partial charge on any atom is -0.493 e. The number of aromatic nitrogens is 1. The first-order valence-electron chi connectivity index (χ1n) is 9.53. The number of hydrogen-bond acceptors (Lipinski definition) is 4. The highest BCUT2D eigenvalue weighted by Crippen LogP contribution is 2.28. The molecular weight excluding hydrogens is 366 g/mol. The van der Waals surface area contributed by atoms with Gasteiger partial charge in [-0.3, -0.25) is 9.59 Å². The first kappa shape index (κ1) is 20.4. The zero-order chi connectivity index (χ0) is 20.8. The minimum absolute atomic E-state index is 0.109. The lowest BCUT2D eigenvalue weighted by Gasteiger charge is -2.11. The number of ketones is 1. The molecule has 3 rings (SSSR count). The minimum atomic E-state index is -0.123. The Morgan fingerprint density at radius 1 is 1.03 bits per heavy atom. The predicted octanol–water partition coefficient (Wildman–Crippen LogP) is 4.43. The SMILES string of the molecule is COc1ccc(C=O)cc1OCC(=O)c1cc(C)n(CCc2ccccc2)c1C. The summed E-state index contributed by atoms with van der Waals surface area (Å²) >= 11 is 0. The van der Waals surface area contributed by atoms with Gasteiger partial charge in [0.15, 0.2) is 18.1 Å². The molecule has 5 nitrogen and oxygen atoms in total. The Balaban J connectivity index is 1.71. The van der Waals surface area contributed by atoms with Gasteiger partial charge in [0, 0.05) is 29.1 Å². The van der Waals surface area contributed by atoms with Crippen molar-refractivity contribution in [3.05, 3.63) is 82.7 Å². The first-order chi connectivity index (χ1) is 14.0. The maximum Gasteiger partial charge on any atom is 0.202 e. The van der Waals surface area contributed by atoms with Gasteiger partial charge in [0.1, 0.15) is 6.29 Å². The van der Waals surface area contributed by atoms with Crippen LogP contribution in [0.4, 0.5) is 0 Å². The van der Waals surface area contributed by atoms with Gasteiger partial charge in [-0.15, -0.1) is 0 Å². The van der Waals surface area contributed by atoms with Gasteiger partial charge in [0.2, 0.25) is 5.78 Å². The fourth-order valence-electron chi connectivity index (χ4n) is 3.41. The molecule has 150 valence electrons. The molecule has 0 N–H and O–H groups in total. The summed E-state index contributed by atoms with van der Waals surface area (Å²) in [6.45, 7) is 4.65. The number of hydrogen-bond donors (Lipinski definition) is 0. The van der Waals surface area contributed by atoms with Gasteiger partial charge in [0.25, 0.3) is 0 Å². The zero-order valence-corrected chi connectivity index (χ0v) is 17.0. The molecule has 0 spiro atoms. The molecule has 0 saturated heterocycles. The number of rotatable bonds is 9. The van der Waals surface area contributed by atoms with Crippen LogP contribution in [0.3, 0.4) is 0 Å². The van der Waals surface area contributed by atoms with Crippen LogP contribution in [0.15, 0.2) is 54.6 Å². The van der Waals surface area contributed by atoms with Gasteiger partial charge in [-0.05, 0) is 50.1 Å². The number of aryl methyl sites for hydroxylation is 2. The lowest BCUT2D eigenvalue weighted by molar-refractivity contribution is 0.0918. The van der Waals surface area contributed by atoms with Gasteiger partial charge in [-0.25, -0.2) is 0 Å². The molecule has 0 unspecified atom stereocenters. The second-order valence-corrected chi connectivity index (χ2v) is 6.91. The molecule has 0 atom stereocenters. The Kier molecular flexibility index (Phi) is 6.50. The topological polar surface area (TPSA) is 57.5 Å². The molecule has 0 bridgehead atoms. The lowest BCUT2D eigenvalue weighted by Crippen LogP contribution is -2.14. The van der Waals surface area contributed by atoms with E-state index in [0.29, 0.717) is 22.6 Å². The van der Waals surface area contributed by atoms with Crippen LogP contribution in [0.2, 0.25) is 0 Å². The molecule has 1 aromatic heterocycles. The van der Waals surface area contributed by atoms with Crippen molar-refractivity contribution in [1.29, 1.82) is 0 Å². The molecule has 0 aliphatic heterocycles. The van der Waals surface area contributed by atoms with Crippen molar-refractivity contribution in [3.63, 3.8) is 0 Å². The van der Waals surface area contributed by atoms with E-state index in [1.165, 1.54) is 12.7 Å². The smallest absolute Gasteiger partial charge is 0.202 e. The average Bonchev–Trinajstić information content (AvgIpc) is 3.04. The summed E-state index contributed by atoms with van der Waals surface area (Å²) in [6, 6.07) is 17.1. The highest BCUT2D eigenvalue weighted by molar-refractivity contribution is 5.98.